The molecule has 1 heterocycles. The number of amides is 2. The summed E-state index contributed by atoms with van der Waals surface area (Å²) < 4.78 is 24.0. The number of hydrogen-bond donors (Lipinski definition) is 2. The van der Waals surface area contributed by atoms with E-state index in [1.807, 2.05) is 0 Å². The van der Waals surface area contributed by atoms with Gasteiger partial charge >= 0.3 is 0 Å². The quantitative estimate of drug-likeness (QED) is 0.568. The Bertz CT molecular complexity index is 950. The fraction of sp³-hybridized carbons (Fsp3) is 0.200. The van der Waals surface area contributed by atoms with Crippen LogP contribution in [-0.4, -0.2) is 36.0 Å². The molecule has 0 bridgehead atoms. The molecule has 0 fully saturated rings. The molecule has 1 aromatic heterocycles. The molecule has 0 radical (unpaired) electrons. The Hall–Kier alpha value is -2.23. The van der Waals surface area contributed by atoms with E-state index in [1.54, 1.807) is 19.1 Å². The van der Waals surface area contributed by atoms with Gasteiger partial charge < -0.3 is 0 Å². The van der Waals surface area contributed by atoms with Crippen LogP contribution in [0.15, 0.2) is 35.6 Å². The first-order chi connectivity index (χ1) is 12.3. The van der Waals surface area contributed by atoms with Crippen molar-refractivity contribution in [3.8, 4) is 0 Å². The Morgan fingerprint density at radius 3 is 2.38 bits per heavy atom. The van der Waals surface area contributed by atoms with Crippen molar-refractivity contribution in [3.63, 3.8) is 0 Å². The number of carbonyl (C=O) groups is 2. The number of nitrogens with one attached hydrogen (secondary N) is 2. The normalized spacial score (nSPS) is 11.0. The zero-order valence-corrected chi connectivity index (χ0v) is 15.8. The topological polar surface area (TPSA) is 118 Å². The summed E-state index contributed by atoms with van der Waals surface area (Å²) in [7, 11) is -3.73. The Kier molecular flexibility index (Phi) is 6.52. The minimum Gasteiger partial charge on any atom is -0.267 e. The van der Waals surface area contributed by atoms with Crippen LogP contribution in [-0.2, 0) is 9.84 Å². The van der Waals surface area contributed by atoms with Gasteiger partial charge in [-0.15, -0.1) is 0 Å². The SMILES string of the molecule is CCCS(=O)(=O)c1ncc(Cl)c(C(=O)NNC(=O)c2ccccc2Cl)n1. The fourth-order valence-corrected chi connectivity index (χ4v) is 3.47. The second-order valence-corrected chi connectivity index (χ2v) is 7.87. The average Bonchev–Trinajstić information content (AvgIpc) is 2.60. The van der Waals surface area contributed by atoms with E-state index in [0.717, 1.165) is 6.20 Å². The number of hydrogen-bond acceptors (Lipinski definition) is 6. The highest BCUT2D eigenvalue weighted by Crippen LogP contribution is 2.16. The summed E-state index contributed by atoms with van der Waals surface area (Å²) in [6.07, 6.45) is 1.38. The van der Waals surface area contributed by atoms with Crippen LogP contribution < -0.4 is 10.9 Å². The van der Waals surface area contributed by atoms with Crippen molar-refractivity contribution < 1.29 is 18.0 Å². The largest absolute Gasteiger partial charge is 0.290 e. The summed E-state index contributed by atoms with van der Waals surface area (Å²) >= 11 is 11.8. The average molecular weight is 417 g/mol. The monoisotopic (exact) mass is 416 g/mol. The number of halogens is 2. The first-order valence-electron chi connectivity index (χ1n) is 7.36. The van der Waals surface area contributed by atoms with E-state index in [-0.39, 0.29) is 27.1 Å². The Morgan fingerprint density at radius 2 is 1.73 bits per heavy atom. The predicted molar refractivity (Wildman–Crippen MR) is 95.8 cm³/mol. The molecule has 2 amide bonds. The molecule has 2 rings (SSSR count). The van der Waals surface area contributed by atoms with Crippen molar-refractivity contribution in [2.75, 3.05) is 5.75 Å². The van der Waals surface area contributed by atoms with Crippen molar-refractivity contribution in [1.82, 2.24) is 20.8 Å². The first kappa shape index (κ1) is 20.1. The molecular weight excluding hydrogens is 403 g/mol. The van der Waals surface area contributed by atoms with Crippen LogP contribution >= 0.6 is 23.2 Å². The van der Waals surface area contributed by atoms with E-state index in [1.165, 1.54) is 12.1 Å². The van der Waals surface area contributed by atoms with Crippen molar-refractivity contribution in [2.45, 2.75) is 18.5 Å². The maximum absolute atomic E-state index is 12.2. The molecule has 0 aliphatic carbocycles. The molecule has 138 valence electrons. The van der Waals surface area contributed by atoms with E-state index in [2.05, 4.69) is 20.8 Å². The highest BCUT2D eigenvalue weighted by atomic mass is 35.5. The molecular formula is C15H14Cl2N4O4S. The summed E-state index contributed by atoms with van der Waals surface area (Å²) in [4.78, 5) is 31.6. The van der Waals surface area contributed by atoms with Gasteiger partial charge in [-0.1, -0.05) is 42.3 Å². The Morgan fingerprint density at radius 1 is 1.08 bits per heavy atom. The summed E-state index contributed by atoms with van der Waals surface area (Å²) in [6, 6.07) is 6.24. The van der Waals surface area contributed by atoms with Gasteiger partial charge in [0.25, 0.3) is 11.8 Å². The van der Waals surface area contributed by atoms with Crippen molar-refractivity contribution >= 4 is 44.9 Å². The fourth-order valence-electron chi connectivity index (χ4n) is 1.91. The zero-order chi connectivity index (χ0) is 19.3. The molecule has 0 aliphatic heterocycles. The van der Waals surface area contributed by atoms with Gasteiger partial charge in [0, 0.05) is 0 Å². The maximum Gasteiger partial charge on any atom is 0.290 e. The standard InChI is InChI=1S/C15H14Cl2N4O4S/c1-2-7-26(24,25)15-18-8-11(17)12(19-15)14(23)21-20-13(22)9-5-3-4-6-10(9)16/h3-6,8H,2,7H2,1H3,(H,20,22)(H,21,23). The number of carbonyl (C=O) groups excluding carboxylic acids is 2. The Balaban J connectivity index is 2.17. The molecule has 11 heteroatoms. The van der Waals surface area contributed by atoms with Crippen molar-refractivity contribution in [2.24, 2.45) is 0 Å². The van der Waals surface area contributed by atoms with Crippen molar-refractivity contribution in [1.29, 1.82) is 0 Å². The van der Waals surface area contributed by atoms with Crippen LogP contribution in [0.3, 0.4) is 0 Å². The number of sulfone groups is 1. The zero-order valence-electron chi connectivity index (χ0n) is 13.5. The van der Waals surface area contributed by atoms with Crippen LogP contribution in [0.5, 0.6) is 0 Å². The van der Waals surface area contributed by atoms with Crippen LogP contribution in [0.4, 0.5) is 0 Å². The lowest BCUT2D eigenvalue weighted by molar-refractivity contribution is 0.0843. The van der Waals surface area contributed by atoms with Crippen molar-refractivity contribution in [3.05, 3.63) is 51.8 Å². The van der Waals surface area contributed by atoms with Gasteiger partial charge in [0.15, 0.2) is 5.69 Å². The van der Waals surface area contributed by atoms with Gasteiger partial charge in [-0.25, -0.2) is 18.4 Å². The molecule has 0 spiro atoms. The van der Waals surface area contributed by atoms with E-state index >= 15 is 0 Å². The molecule has 8 nitrogen and oxygen atoms in total. The second kappa shape index (κ2) is 8.43. The van der Waals surface area contributed by atoms with Gasteiger partial charge in [0.1, 0.15) is 0 Å². The lowest BCUT2D eigenvalue weighted by Gasteiger charge is -2.09. The summed E-state index contributed by atoms with van der Waals surface area (Å²) in [5.74, 6) is -1.72. The maximum atomic E-state index is 12.2. The molecule has 2 N–H and O–H groups in total. The van der Waals surface area contributed by atoms with E-state index in [9.17, 15) is 18.0 Å². The minimum atomic E-state index is -3.73. The Labute approximate surface area is 159 Å². The number of rotatable bonds is 5. The summed E-state index contributed by atoms with van der Waals surface area (Å²) in [6.45, 7) is 1.69. The molecule has 0 saturated carbocycles. The lowest BCUT2D eigenvalue weighted by atomic mass is 10.2. The van der Waals surface area contributed by atoms with Crippen LogP contribution in [0.2, 0.25) is 10.0 Å². The number of aromatic nitrogens is 2. The third-order valence-corrected chi connectivity index (χ3v) is 5.40. The van der Waals surface area contributed by atoms with Gasteiger partial charge in [0.2, 0.25) is 15.0 Å². The van der Waals surface area contributed by atoms with Gasteiger partial charge in [-0.2, -0.15) is 0 Å². The highest BCUT2D eigenvalue weighted by Gasteiger charge is 2.22. The van der Waals surface area contributed by atoms with E-state index < -0.39 is 26.8 Å². The number of benzene rings is 1. The number of hydrazine groups is 1. The van der Waals surface area contributed by atoms with E-state index in [0.29, 0.717) is 6.42 Å². The van der Waals surface area contributed by atoms with E-state index in [4.69, 9.17) is 23.2 Å². The summed E-state index contributed by atoms with van der Waals surface area (Å²) in [5.41, 5.74) is 4.04. The van der Waals surface area contributed by atoms with Gasteiger partial charge in [0.05, 0.1) is 27.6 Å². The smallest absolute Gasteiger partial charge is 0.267 e. The third-order valence-electron chi connectivity index (χ3n) is 3.10. The predicted octanol–water partition coefficient (Wildman–Crippen LogP) is 2.04. The minimum absolute atomic E-state index is 0.148. The molecule has 0 atom stereocenters. The molecule has 1 aromatic carbocycles. The van der Waals surface area contributed by atoms with Crippen LogP contribution in [0, 0.1) is 0 Å². The van der Waals surface area contributed by atoms with Crippen LogP contribution in [0.25, 0.3) is 0 Å². The van der Waals surface area contributed by atoms with Crippen LogP contribution in [0.1, 0.15) is 34.2 Å². The molecule has 26 heavy (non-hydrogen) atoms. The molecule has 0 aliphatic rings. The first-order valence-corrected chi connectivity index (χ1v) is 9.77. The van der Waals surface area contributed by atoms with Gasteiger partial charge in [-0.05, 0) is 18.6 Å². The summed E-state index contributed by atoms with van der Waals surface area (Å²) in [5, 5.41) is -0.469. The number of nitrogens with zero attached hydrogens (tertiary/aromatic N) is 2. The molecule has 0 unspecified atom stereocenters. The molecule has 0 saturated heterocycles. The van der Waals surface area contributed by atoms with Gasteiger partial charge in [-0.3, -0.25) is 20.4 Å². The molecule has 2 aromatic rings. The lowest BCUT2D eigenvalue weighted by Crippen LogP contribution is -2.42. The highest BCUT2D eigenvalue weighted by molar-refractivity contribution is 7.91. The second-order valence-electron chi connectivity index (χ2n) is 5.06. The third kappa shape index (κ3) is 4.69.